The summed E-state index contributed by atoms with van der Waals surface area (Å²) in [5.41, 5.74) is 2.79. The van der Waals surface area contributed by atoms with Gasteiger partial charge >= 0.3 is 5.97 Å². The summed E-state index contributed by atoms with van der Waals surface area (Å²) >= 11 is 0. The predicted octanol–water partition coefficient (Wildman–Crippen LogP) is 1.98. The molecule has 5 atom stereocenters. The van der Waals surface area contributed by atoms with Crippen molar-refractivity contribution in [3.8, 4) is 5.75 Å². The van der Waals surface area contributed by atoms with Crippen LogP contribution in [0.1, 0.15) is 29.0 Å². The number of carboxylic acid groups (broad SMARTS) is 1. The Morgan fingerprint density at radius 1 is 1.16 bits per heavy atom. The molecule has 0 spiro atoms. The van der Waals surface area contributed by atoms with E-state index in [9.17, 15) is 25.2 Å². The van der Waals surface area contributed by atoms with E-state index >= 15 is 0 Å². The lowest BCUT2D eigenvalue weighted by molar-refractivity contribution is -0.229. The van der Waals surface area contributed by atoms with Crippen molar-refractivity contribution in [3.63, 3.8) is 0 Å². The number of aromatic amines is 1. The van der Waals surface area contributed by atoms with Gasteiger partial charge in [0.1, 0.15) is 17.4 Å². The average Bonchev–Trinajstić information content (AvgIpc) is 3.32. The van der Waals surface area contributed by atoms with Gasteiger partial charge in [-0.2, -0.15) is 0 Å². The van der Waals surface area contributed by atoms with E-state index in [1.54, 1.807) is 18.3 Å². The van der Waals surface area contributed by atoms with Crippen molar-refractivity contribution in [2.75, 3.05) is 0 Å². The van der Waals surface area contributed by atoms with Crippen molar-refractivity contribution in [1.29, 1.82) is 0 Å². The summed E-state index contributed by atoms with van der Waals surface area (Å²) in [4.78, 5) is 24.3. The summed E-state index contributed by atoms with van der Waals surface area (Å²) in [7, 11) is 0. The molecule has 162 valence electrons. The van der Waals surface area contributed by atoms with Crippen LogP contribution in [0, 0.1) is 5.92 Å². The lowest BCUT2D eigenvalue weighted by Gasteiger charge is -2.31. The monoisotopic (exact) mass is 433 g/mol. The minimum atomic E-state index is -2.54. The highest BCUT2D eigenvalue weighted by Crippen LogP contribution is 2.54. The number of benzene rings is 2. The van der Waals surface area contributed by atoms with Gasteiger partial charge in [-0.25, -0.2) is 14.8 Å². The van der Waals surface area contributed by atoms with E-state index in [1.165, 1.54) is 6.07 Å². The van der Waals surface area contributed by atoms with Crippen LogP contribution in [-0.2, 0) is 16.0 Å². The second kappa shape index (κ2) is 6.49. The Labute approximate surface area is 180 Å². The number of hydrogen-bond donors (Lipinski definition) is 5. The minimum Gasteiger partial charge on any atom is -0.506 e. The quantitative estimate of drug-likeness (QED) is 0.322. The van der Waals surface area contributed by atoms with Crippen LogP contribution in [-0.4, -0.2) is 53.2 Å². The zero-order valence-corrected chi connectivity index (χ0v) is 16.6. The van der Waals surface area contributed by atoms with Crippen LogP contribution in [0.3, 0.4) is 0 Å². The fraction of sp³-hybridized carbons (Fsp3) is 0.261. The fourth-order valence-corrected chi connectivity index (χ4v) is 5.23. The van der Waals surface area contributed by atoms with Crippen LogP contribution in [0.2, 0.25) is 0 Å². The van der Waals surface area contributed by atoms with Gasteiger partial charge in [-0.3, -0.25) is 0 Å². The SMILES string of the molecule is O=C(O)C1(O)OC2C(O)c3nc4cccc(O)c4nc3CC2C1c1c[nH]c2ccccc12. The number of H-pyrrole nitrogens is 1. The van der Waals surface area contributed by atoms with E-state index in [4.69, 9.17) is 4.74 Å². The molecule has 1 aliphatic heterocycles. The second-order valence-electron chi connectivity index (χ2n) is 8.36. The summed E-state index contributed by atoms with van der Waals surface area (Å²) in [6, 6.07) is 12.2. The van der Waals surface area contributed by atoms with E-state index < -0.39 is 35.8 Å². The molecule has 1 saturated heterocycles. The Hall–Kier alpha value is -3.53. The first-order valence-electron chi connectivity index (χ1n) is 10.2. The van der Waals surface area contributed by atoms with Gasteiger partial charge < -0.3 is 30.1 Å². The first kappa shape index (κ1) is 19.2. The van der Waals surface area contributed by atoms with Crippen molar-refractivity contribution in [2.24, 2.45) is 5.92 Å². The van der Waals surface area contributed by atoms with Crippen LogP contribution < -0.4 is 0 Å². The Kier molecular flexibility index (Phi) is 3.89. The van der Waals surface area contributed by atoms with Gasteiger partial charge in [0, 0.05) is 23.0 Å². The highest BCUT2D eigenvalue weighted by atomic mass is 16.7. The molecule has 5 N–H and O–H groups in total. The van der Waals surface area contributed by atoms with Crippen molar-refractivity contribution in [3.05, 3.63) is 65.6 Å². The number of aliphatic hydroxyl groups is 2. The second-order valence-corrected chi connectivity index (χ2v) is 8.36. The van der Waals surface area contributed by atoms with E-state index in [-0.39, 0.29) is 17.9 Å². The number of rotatable bonds is 2. The first-order valence-corrected chi connectivity index (χ1v) is 10.2. The van der Waals surface area contributed by atoms with E-state index in [0.29, 0.717) is 22.3 Å². The molecular weight excluding hydrogens is 414 g/mol. The molecule has 0 saturated carbocycles. The number of hydrogen-bond acceptors (Lipinski definition) is 7. The smallest absolute Gasteiger partial charge is 0.364 e. The average molecular weight is 433 g/mol. The molecule has 1 aliphatic carbocycles. The Bertz CT molecular complexity index is 1400. The zero-order valence-electron chi connectivity index (χ0n) is 16.6. The molecule has 6 rings (SSSR count). The molecule has 4 aromatic rings. The standard InChI is InChI=1S/C23H19N3O6/c27-16-7-3-6-14-18(16)26-15-8-11-17(12-9-24-13-5-2-1-4-10(12)13)23(31,22(29)30)32-21(11)20(28)19(15)25-14/h1-7,9,11,17,20-21,24,27-28,31H,8H2,(H,29,30). The van der Waals surface area contributed by atoms with E-state index in [0.717, 1.165) is 10.9 Å². The molecule has 3 heterocycles. The maximum atomic E-state index is 12.2. The van der Waals surface area contributed by atoms with Gasteiger partial charge in [-0.05, 0) is 30.2 Å². The molecule has 0 bridgehead atoms. The number of aliphatic carboxylic acids is 1. The topological polar surface area (TPSA) is 149 Å². The van der Waals surface area contributed by atoms with Gasteiger partial charge in [-0.15, -0.1) is 0 Å². The van der Waals surface area contributed by atoms with Gasteiger partial charge in [0.05, 0.1) is 28.9 Å². The number of aromatic nitrogens is 3. The van der Waals surface area contributed by atoms with Crippen LogP contribution in [0.25, 0.3) is 21.9 Å². The highest BCUT2D eigenvalue weighted by molar-refractivity contribution is 5.86. The first-order chi connectivity index (χ1) is 15.4. The molecule has 2 aromatic heterocycles. The van der Waals surface area contributed by atoms with E-state index in [1.807, 2.05) is 24.3 Å². The van der Waals surface area contributed by atoms with Crippen molar-refractivity contribution in [1.82, 2.24) is 15.0 Å². The summed E-state index contributed by atoms with van der Waals surface area (Å²) < 4.78 is 5.68. The Balaban J connectivity index is 1.54. The number of phenolic OH excluding ortho intramolecular Hbond substituents is 1. The largest absolute Gasteiger partial charge is 0.506 e. The van der Waals surface area contributed by atoms with Crippen LogP contribution in [0.15, 0.2) is 48.7 Å². The molecule has 2 aliphatic rings. The van der Waals surface area contributed by atoms with Crippen LogP contribution in [0.4, 0.5) is 0 Å². The predicted molar refractivity (Wildman–Crippen MR) is 112 cm³/mol. The van der Waals surface area contributed by atoms with Crippen molar-refractivity contribution < 1.29 is 30.0 Å². The molecule has 1 fully saturated rings. The summed E-state index contributed by atoms with van der Waals surface area (Å²) in [5.74, 6) is -5.65. The third-order valence-electron chi connectivity index (χ3n) is 6.65. The minimum absolute atomic E-state index is 0.0349. The molecule has 0 radical (unpaired) electrons. The van der Waals surface area contributed by atoms with E-state index in [2.05, 4.69) is 15.0 Å². The Morgan fingerprint density at radius 3 is 2.78 bits per heavy atom. The molecule has 9 nitrogen and oxygen atoms in total. The van der Waals surface area contributed by atoms with Gasteiger partial charge in [0.2, 0.25) is 0 Å². The molecule has 2 aromatic carbocycles. The number of para-hydroxylation sites is 2. The zero-order chi connectivity index (χ0) is 22.2. The number of carbonyl (C=O) groups is 1. The van der Waals surface area contributed by atoms with Crippen molar-refractivity contribution in [2.45, 2.75) is 30.3 Å². The third-order valence-corrected chi connectivity index (χ3v) is 6.65. The maximum Gasteiger partial charge on any atom is 0.364 e. The lowest BCUT2D eigenvalue weighted by atomic mass is 9.73. The third kappa shape index (κ3) is 2.46. The number of carboxylic acids is 1. The maximum absolute atomic E-state index is 12.2. The number of aliphatic hydroxyl groups excluding tert-OH is 1. The number of nitrogens with zero attached hydrogens (tertiary/aromatic N) is 2. The molecule has 32 heavy (non-hydrogen) atoms. The summed E-state index contributed by atoms with van der Waals surface area (Å²) in [5, 5.41) is 43.2. The number of fused-ring (bicyclic) bond motifs is 4. The van der Waals surface area contributed by atoms with Crippen LogP contribution in [0.5, 0.6) is 5.75 Å². The summed E-state index contributed by atoms with van der Waals surface area (Å²) in [6.07, 6.45) is -0.390. The Morgan fingerprint density at radius 2 is 1.97 bits per heavy atom. The number of ether oxygens (including phenoxy) is 1. The summed E-state index contributed by atoms with van der Waals surface area (Å²) in [6.45, 7) is 0. The fourth-order valence-electron chi connectivity index (χ4n) is 5.23. The number of nitrogens with one attached hydrogen (secondary N) is 1. The molecule has 0 amide bonds. The number of phenols is 1. The van der Waals surface area contributed by atoms with Crippen molar-refractivity contribution >= 4 is 27.9 Å². The number of aromatic hydroxyl groups is 1. The van der Waals surface area contributed by atoms with Gasteiger partial charge in [0.15, 0.2) is 0 Å². The normalized spacial score (nSPS) is 29.2. The highest BCUT2D eigenvalue weighted by Gasteiger charge is 2.63. The van der Waals surface area contributed by atoms with Crippen LogP contribution >= 0.6 is 0 Å². The molecule has 9 heteroatoms. The van der Waals surface area contributed by atoms with Gasteiger partial charge in [-0.1, -0.05) is 24.3 Å². The molecule has 5 unspecified atom stereocenters. The molecular formula is C23H19N3O6. The lowest BCUT2D eigenvalue weighted by Crippen LogP contribution is -2.43. The van der Waals surface area contributed by atoms with Gasteiger partial charge in [0.25, 0.3) is 5.79 Å².